The second kappa shape index (κ2) is 7.63. The predicted octanol–water partition coefficient (Wildman–Crippen LogP) is 5.42. The van der Waals surface area contributed by atoms with Crippen molar-refractivity contribution in [3.05, 3.63) is 71.3 Å². The minimum absolute atomic E-state index is 0.0386. The zero-order valence-electron chi connectivity index (χ0n) is 17.2. The highest BCUT2D eigenvalue weighted by Crippen LogP contribution is 2.59. The maximum absolute atomic E-state index is 12.9. The number of hydrogen-bond acceptors (Lipinski definition) is 2. The summed E-state index contributed by atoms with van der Waals surface area (Å²) in [5.41, 5.74) is 3.94. The van der Waals surface area contributed by atoms with E-state index < -0.39 is 0 Å². The van der Waals surface area contributed by atoms with Crippen LogP contribution in [0.5, 0.6) is 0 Å². The minimum Gasteiger partial charge on any atom is -0.325 e. The van der Waals surface area contributed by atoms with Crippen LogP contribution in [0.15, 0.2) is 60.2 Å². The quantitative estimate of drug-likeness (QED) is 0.684. The average Bonchev–Trinajstić information content (AvgIpc) is 3.14. The van der Waals surface area contributed by atoms with Crippen LogP contribution in [-0.2, 0) is 4.79 Å². The van der Waals surface area contributed by atoms with Crippen LogP contribution in [0.2, 0.25) is 0 Å². The van der Waals surface area contributed by atoms with Crippen molar-refractivity contribution in [3.8, 4) is 0 Å². The Balaban J connectivity index is 1.76. The van der Waals surface area contributed by atoms with Crippen LogP contribution < -0.4 is 10.6 Å². The number of allylic oxidation sites excluding steroid dienone is 2. The van der Waals surface area contributed by atoms with Gasteiger partial charge in [-0.2, -0.15) is 0 Å². The summed E-state index contributed by atoms with van der Waals surface area (Å²) in [5, 5.41) is 5.89. The Hall–Kier alpha value is -2.88. The summed E-state index contributed by atoms with van der Waals surface area (Å²) in [6.07, 6.45) is 2.17. The van der Waals surface area contributed by atoms with Gasteiger partial charge >= 0.3 is 0 Å². The van der Waals surface area contributed by atoms with E-state index in [9.17, 15) is 9.59 Å². The summed E-state index contributed by atoms with van der Waals surface area (Å²) in [5.74, 6) is -0.137. The molecule has 2 amide bonds. The molecule has 0 bridgehead atoms. The van der Waals surface area contributed by atoms with E-state index in [2.05, 4.69) is 30.6 Å². The van der Waals surface area contributed by atoms with E-state index in [1.807, 2.05) is 51.1 Å². The molecule has 2 atom stereocenters. The molecule has 1 aliphatic carbocycles. The summed E-state index contributed by atoms with van der Waals surface area (Å²) < 4.78 is 0. The van der Waals surface area contributed by atoms with E-state index in [-0.39, 0.29) is 29.1 Å². The van der Waals surface area contributed by atoms with Gasteiger partial charge in [0.2, 0.25) is 5.91 Å². The molecular weight excluding hydrogens is 348 g/mol. The maximum Gasteiger partial charge on any atom is 0.257 e. The molecule has 0 spiro atoms. The van der Waals surface area contributed by atoms with Crippen molar-refractivity contribution >= 4 is 23.2 Å². The number of rotatable bonds is 5. The SMILES string of the molecule is CC(C)=CC1C(C(=O)Nc2ccccc2C(=O)Nc2cccc(C)c2)C1(C)C. The minimum atomic E-state index is -0.239. The summed E-state index contributed by atoms with van der Waals surface area (Å²) >= 11 is 0. The maximum atomic E-state index is 12.9. The van der Waals surface area contributed by atoms with Gasteiger partial charge in [0, 0.05) is 5.69 Å². The number of carbonyl (C=O) groups excluding carboxylic acids is 2. The molecule has 2 N–H and O–H groups in total. The smallest absolute Gasteiger partial charge is 0.257 e. The van der Waals surface area contributed by atoms with Gasteiger partial charge in [-0.05, 0) is 61.9 Å². The highest BCUT2D eigenvalue weighted by molar-refractivity contribution is 6.10. The average molecular weight is 377 g/mol. The standard InChI is InChI=1S/C24H28N2O2/c1-15(2)13-19-21(24(19,4)5)23(28)26-20-12-7-6-11-18(20)22(27)25-17-10-8-9-16(3)14-17/h6-14,19,21H,1-5H3,(H,25,27)(H,26,28). The summed E-state index contributed by atoms with van der Waals surface area (Å²) in [4.78, 5) is 25.7. The van der Waals surface area contributed by atoms with Crippen molar-refractivity contribution in [2.75, 3.05) is 10.6 Å². The van der Waals surface area contributed by atoms with Crippen LogP contribution in [0.3, 0.4) is 0 Å². The first-order chi connectivity index (χ1) is 13.2. The largest absolute Gasteiger partial charge is 0.325 e. The molecule has 146 valence electrons. The molecule has 3 rings (SSSR count). The van der Waals surface area contributed by atoms with Crippen LogP contribution in [0.25, 0.3) is 0 Å². The predicted molar refractivity (Wildman–Crippen MR) is 114 cm³/mol. The van der Waals surface area contributed by atoms with Crippen molar-refractivity contribution < 1.29 is 9.59 Å². The third kappa shape index (κ3) is 4.16. The van der Waals surface area contributed by atoms with Gasteiger partial charge < -0.3 is 10.6 Å². The molecule has 0 radical (unpaired) electrons. The van der Waals surface area contributed by atoms with Crippen molar-refractivity contribution in [3.63, 3.8) is 0 Å². The van der Waals surface area contributed by atoms with E-state index in [1.54, 1.807) is 18.2 Å². The normalized spacial score (nSPS) is 19.5. The van der Waals surface area contributed by atoms with E-state index in [0.29, 0.717) is 11.3 Å². The van der Waals surface area contributed by atoms with Gasteiger partial charge in [-0.15, -0.1) is 0 Å². The number of nitrogens with one attached hydrogen (secondary N) is 2. The molecule has 0 aliphatic heterocycles. The highest BCUT2D eigenvalue weighted by Gasteiger charge is 2.60. The number of amides is 2. The molecule has 1 saturated carbocycles. The molecule has 28 heavy (non-hydrogen) atoms. The lowest BCUT2D eigenvalue weighted by molar-refractivity contribution is -0.118. The fourth-order valence-electron chi connectivity index (χ4n) is 3.77. The van der Waals surface area contributed by atoms with Crippen molar-refractivity contribution in [2.24, 2.45) is 17.3 Å². The summed E-state index contributed by atoms with van der Waals surface area (Å²) in [6.45, 7) is 10.3. The molecule has 0 heterocycles. The van der Waals surface area contributed by atoms with Crippen molar-refractivity contribution in [1.82, 2.24) is 0 Å². The second-order valence-electron chi connectivity index (χ2n) is 8.43. The van der Waals surface area contributed by atoms with E-state index in [1.165, 1.54) is 5.57 Å². The first-order valence-corrected chi connectivity index (χ1v) is 9.63. The summed E-state index contributed by atoms with van der Waals surface area (Å²) in [7, 11) is 0. The highest BCUT2D eigenvalue weighted by atomic mass is 16.2. The Labute approximate surface area is 167 Å². The van der Waals surface area contributed by atoms with Crippen molar-refractivity contribution in [2.45, 2.75) is 34.6 Å². The van der Waals surface area contributed by atoms with Gasteiger partial charge in [0.15, 0.2) is 0 Å². The van der Waals surface area contributed by atoms with Crippen molar-refractivity contribution in [1.29, 1.82) is 0 Å². The zero-order valence-corrected chi connectivity index (χ0v) is 17.2. The second-order valence-corrected chi connectivity index (χ2v) is 8.43. The van der Waals surface area contributed by atoms with Gasteiger partial charge in [0.05, 0.1) is 17.2 Å². The molecule has 1 aliphatic rings. The lowest BCUT2D eigenvalue weighted by Gasteiger charge is -2.12. The molecule has 1 fully saturated rings. The van der Waals surface area contributed by atoms with Gasteiger partial charge in [0.25, 0.3) is 5.91 Å². The van der Waals surface area contributed by atoms with Crippen LogP contribution in [0.4, 0.5) is 11.4 Å². The topological polar surface area (TPSA) is 58.2 Å². The molecule has 0 saturated heterocycles. The molecule has 2 unspecified atom stereocenters. The van der Waals surface area contributed by atoms with Crippen LogP contribution in [0, 0.1) is 24.2 Å². The number of anilines is 2. The molecule has 2 aromatic rings. The lowest BCUT2D eigenvalue weighted by Crippen LogP contribution is -2.20. The molecule has 2 aromatic carbocycles. The molecular formula is C24H28N2O2. The molecule has 4 nitrogen and oxygen atoms in total. The fourth-order valence-corrected chi connectivity index (χ4v) is 3.77. The Morgan fingerprint density at radius 3 is 2.39 bits per heavy atom. The van der Waals surface area contributed by atoms with Crippen LogP contribution >= 0.6 is 0 Å². The summed E-state index contributed by atoms with van der Waals surface area (Å²) in [6, 6.07) is 14.8. The van der Waals surface area contributed by atoms with Gasteiger partial charge in [-0.25, -0.2) is 0 Å². The third-order valence-corrected chi connectivity index (χ3v) is 5.41. The fraction of sp³-hybridized carbons (Fsp3) is 0.333. The first kappa shape index (κ1) is 19.9. The van der Waals surface area contributed by atoms with Gasteiger partial charge in [-0.1, -0.05) is 49.8 Å². The van der Waals surface area contributed by atoms with E-state index in [0.717, 1.165) is 11.3 Å². The molecule has 4 heteroatoms. The molecule has 0 aromatic heterocycles. The Morgan fingerprint density at radius 1 is 1.00 bits per heavy atom. The van der Waals surface area contributed by atoms with E-state index >= 15 is 0 Å². The Morgan fingerprint density at radius 2 is 1.71 bits per heavy atom. The van der Waals surface area contributed by atoms with E-state index in [4.69, 9.17) is 0 Å². The monoisotopic (exact) mass is 376 g/mol. The number of para-hydroxylation sites is 1. The number of carbonyl (C=O) groups is 2. The van der Waals surface area contributed by atoms with Gasteiger partial charge in [0.1, 0.15) is 0 Å². The van der Waals surface area contributed by atoms with Gasteiger partial charge in [-0.3, -0.25) is 9.59 Å². The number of aryl methyl sites for hydroxylation is 1. The van der Waals surface area contributed by atoms with Crippen LogP contribution in [0.1, 0.15) is 43.6 Å². The van der Waals surface area contributed by atoms with Crippen LogP contribution in [-0.4, -0.2) is 11.8 Å². The Kier molecular flexibility index (Phi) is 5.41. The lowest BCUT2D eigenvalue weighted by atomic mass is 10.1. The number of hydrogen-bond donors (Lipinski definition) is 2. The number of benzene rings is 2. The first-order valence-electron chi connectivity index (χ1n) is 9.63. The zero-order chi connectivity index (χ0) is 20.5. The Bertz CT molecular complexity index is 939. The third-order valence-electron chi connectivity index (χ3n) is 5.41.